The number of nitrogens with one attached hydrogen (secondary N) is 1. The average molecular weight is 405 g/mol. The molecule has 0 amide bonds. The molecule has 1 aromatic carbocycles. The predicted octanol–water partition coefficient (Wildman–Crippen LogP) is 2.11. The molecule has 1 saturated carbocycles. The van der Waals surface area contributed by atoms with E-state index in [1.165, 1.54) is 12.8 Å². The first kappa shape index (κ1) is 17.7. The number of nitrogens with zero attached hydrogens (tertiary/aromatic N) is 8. The second kappa shape index (κ2) is 5.72. The van der Waals surface area contributed by atoms with E-state index < -0.39 is 0 Å². The fourth-order valence-corrected chi connectivity index (χ4v) is 4.99. The molecule has 4 heterocycles. The van der Waals surface area contributed by atoms with Crippen molar-refractivity contribution in [2.45, 2.75) is 56.7 Å². The van der Waals surface area contributed by atoms with Crippen molar-refractivity contribution < 1.29 is 5.11 Å². The zero-order chi connectivity index (χ0) is 20.7. The van der Waals surface area contributed by atoms with Gasteiger partial charge in [-0.2, -0.15) is 0 Å². The van der Waals surface area contributed by atoms with Crippen molar-refractivity contribution in [1.29, 1.82) is 0 Å². The van der Waals surface area contributed by atoms with Gasteiger partial charge in [-0.05, 0) is 51.7 Å². The van der Waals surface area contributed by atoms with Gasteiger partial charge in [-0.15, -0.1) is 20.4 Å². The number of aromatic nitrogens is 8. The van der Waals surface area contributed by atoms with Crippen LogP contribution in [-0.4, -0.2) is 56.4 Å². The quantitative estimate of drug-likeness (QED) is 0.520. The Morgan fingerprint density at radius 3 is 2.60 bits per heavy atom. The van der Waals surface area contributed by atoms with Crippen LogP contribution >= 0.6 is 0 Å². The molecule has 10 heteroatoms. The van der Waals surface area contributed by atoms with Crippen LogP contribution in [0.1, 0.15) is 45.6 Å². The van der Waals surface area contributed by atoms with Crippen LogP contribution in [0.5, 0.6) is 5.75 Å². The standard InChI is InChI=1S/C20H23N9O/c1-19(2)9-11(10-20(25-19)4-5-20)29-18-15(23-27-29)7-13(21-24-18)12-6-14-16(8-17(12)30)28(3)26-22-14/h6-8,11,25,30H,4-5,9-10H2,1-3H3. The molecule has 4 aromatic rings. The fourth-order valence-electron chi connectivity index (χ4n) is 4.99. The molecule has 2 fully saturated rings. The van der Waals surface area contributed by atoms with E-state index in [4.69, 9.17) is 0 Å². The smallest absolute Gasteiger partial charge is 0.201 e. The number of benzene rings is 1. The van der Waals surface area contributed by atoms with Gasteiger partial charge >= 0.3 is 0 Å². The van der Waals surface area contributed by atoms with Gasteiger partial charge in [0.2, 0.25) is 5.65 Å². The van der Waals surface area contributed by atoms with Crippen molar-refractivity contribution in [2.75, 3.05) is 0 Å². The number of phenols is 1. The van der Waals surface area contributed by atoms with Gasteiger partial charge in [-0.25, -0.2) is 9.36 Å². The van der Waals surface area contributed by atoms with E-state index in [1.807, 2.05) is 10.7 Å². The monoisotopic (exact) mass is 405 g/mol. The SMILES string of the molecule is Cn1nnc2cc(-c3cc4nnn(C5CC(C)(C)NC6(CC6)C5)c4nn3)c(O)cc21. The van der Waals surface area contributed by atoms with Crippen LogP contribution in [0.4, 0.5) is 0 Å². The largest absolute Gasteiger partial charge is 0.507 e. The van der Waals surface area contributed by atoms with Crippen LogP contribution in [0, 0.1) is 0 Å². The highest BCUT2D eigenvalue weighted by molar-refractivity contribution is 5.86. The summed E-state index contributed by atoms with van der Waals surface area (Å²) in [5, 5.41) is 40.1. The molecule has 1 unspecified atom stereocenters. The lowest BCUT2D eigenvalue weighted by molar-refractivity contribution is 0.163. The molecule has 0 bridgehead atoms. The van der Waals surface area contributed by atoms with Gasteiger partial charge < -0.3 is 10.4 Å². The Morgan fingerprint density at radius 1 is 1.00 bits per heavy atom. The average Bonchev–Trinajstić information content (AvgIpc) is 3.13. The zero-order valence-corrected chi connectivity index (χ0v) is 17.2. The number of hydrogen-bond acceptors (Lipinski definition) is 8. The summed E-state index contributed by atoms with van der Waals surface area (Å²) in [5.74, 6) is 0.102. The molecular weight excluding hydrogens is 382 g/mol. The third kappa shape index (κ3) is 2.67. The number of fused-ring (bicyclic) bond motifs is 2. The van der Waals surface area contributed by atoms with Crippen LogP contribution in [0.2, 0.25) is 0 Å². The molecule has 1 spiro atoms. The molecule has 10 nitrogen and oxygen atoms in total. The van der Waals surface area contributed by atoms with Crippen molar-refractivity contribution in [3.63, 3.8) is 0 Å². The zero-order valence-electron chi connectivity index (χ0n) is 17.2. The first-order valence-corrected chi connectivity index (χ1v) is 10.2. The van der Waals surface area contributed by atoms with Crippen LogP contribution < -0.4 is 5.32 Å². The molecule has 154 valence electrons. The van der Waals surface area contributed by atoms with Crippen molar-refractivity contribution in [1.82, 2.24) is 45.5 Å². The van der Waals surface area contributed by atoms with Gasteiger partial charge in [-0.1, -0.05) is 10.4 Å². The molecule has 0 radical (unpaired) electrons. The van der Waals surface area contributed by atoms with E-state index in [0.29, 0.717) is 27.9 Å². The summed E-state index contributed by atoms with van der Waals surface area (Å²) in [6, 6.07) is 5.46. The maximum atomic E-state index is 10.5. The highest BCUT2D eigenvalue weighted by atomic mass is 16.3. The molecule has 1 saturated heterocycles. The van der Waals surface area contributed by atoms with Crippen molar-refractivity contribution >= 4 is 22.2 Å². The van der Waals surface area contributed by atoms with E-state index in [1.54, 1.807) is 23.9 Å². The lowest BCUT2D eigenvalue weighted by Crippen LogP contribution is -2.54. The van der Waals surface area contributed by atoms with Crippen LogP contribution in [0.25, 0.3) is 33.5 Å². The maximum absolute atomic E-state index is 10.5. The second-order valence-electron chi connectivity index (χ2n) is 9.39. The van der Waals surface area contributed by atoms with E-state index in [-0.39, 0.29) is 22.9 Å². The van der Waals surface area contributed by atoms with Crippen molar-refractivity contribution in [3.05, 3.63) is 18.2 Å². The first-order valence-electron chi connectivity index (χ1n) is 10.2. The van der Waals surface area contributed by atoms with Gasteiger partial charge in [0.25, 0.3) is 0 Å². The summed E-state index contributed by atoms with van der Waals surface area (Å²) in [5.41, 5.74) is 4.13. The Balaban J connectivity index is 1.40. The van der Waals surface area contributed by atoms with Crippen LogP contribution in [-0.2, 0) is 7.05 Å². The lowest BCUT2D eigenvalue weighted by Gasteiger charge is -2.42. The normalized spacial score (nSPS) is 22.2. The van der Waals surface area contributed by atoms with Gasteiger partial charge in [0, 0.05) is 29.8 Å². The predicted molar refractivity (Wildman–Crippen MR) is 110 cm³/mol. The summed E-state index contributed by atoms with van der Waals surface area (Å²) < 4.78 is 3.55. The molecule has 30 heavy (non-hydrogen) atoms. The molecule has 2 N–H and O–H groups in total. The van der Waals surface area contributed by atoms with Gasteiger partial charge in [0.15, 0.2) is 0 Å². The summed E-state index contributed by atoms with van der Waals surface area (Å²) >= 11 is 0. The maximum Gasteiger partial charge on any atom is 0.201 e. The molecule has 3 aromatic heterocycles. The van der Waals surface area contributed by atoms with Gasteiger partial charge in [0.05, 0.1) is 17.3 Å². The van der Waals surface area contributed by atoms with Gasteiger partial charge in [0.1, 0.15) is 16.8 Å². The van der Waals surface area contributed by atoms with Crippen molar-refractivity contribution in [3.8, 4) is 17.0 Å². The molecule has 2 aliphatic rings. The Hall–Kier alpha value is -3.14. The Morgan fingerprint density at radius 2 is 1.80 bits per heavy atom. The molecule has 6 rings (SSSR count). The number of aromatic hydroxyl groups is 1. The molecule has 1 atom stereocenters. The topological polar surface area (TPSA) is 119 Å². The fraction of sp³-hybridized carbons (Fsp3) is 0.500. The summed E-state index contributed by atoms with van der Waals surface area (Å²) in [4.78, 5) is 0. The Bertz CT molecular complexity index is 1290. The van der Waals surface area contributed by atoms with E-state index in [9.17, 15) is 5.11 Å². The minimum absolute atomic E-state index is 0.0446. The second-order valence-corrected chi connectivity index (χ2v) is 9.39. The summed E-state index contributed by atoms with van der Waals surface area (Å²) in [6.45, 7) is 4.49. The minimum atomic E-state index is 0.0446. The van der Waals surface area contributed by atoms with E-state index in [2.05, 4.69) is 50.0 Å². The summed E-state index contributed by atoms with van der Waals surface area (Å²) in [6.07, 6.45) is 4.41. The van der Waals surface area contributed by atoms with Crippen molar-refractivity contribution in [2.24, 2.45) is 7.05 Å². The Kier molecular flexibility index (Phi) is 3.37. The Labute approximate surface area is 172 Å². The molecule has 1 aliphatic heterocycles. The third-order valence-corrected chi connectivity index (χ3v) is 6.40. The number of aryl methyl sites for hydroxylation is 1. The molecular formula is C20H23N9O. The highest BCUT2D eigenvalue weighted by Crippen LogP contribution is 2.49. The van der Waals surface area contributed by atoms with E-state index in [0.717, 1.165) is 18.4 Å². The number of piperidine rings is 1. The number of phenolic OH excluding ortho intramolecular Hbond substituents is 1. The lowest BCUT2D eigenvalue weighted by atomic mass is 9.84. The third-order valence-electron chi connectivity index (χ3n) is 6.40. The number of rotatable bonds is 2. The highest BCUT2D eigenvalue weighted by Gasteiger charge is 2.51. The van der Waals surface area contributed by atoms with Gasteiger partial charge in [-0.3, -0.25) is 0 Å². The first-order chi connectivity index (χ1) is 14.3. The van der Waals surface area contributed by atoms with Crippen LogP contribution in [0.3, 0.4) is 0 Å². The van der Waals surface area contributed by atoms with Crippen LogP contribution in [0.15, 0.2) is 18.2 Å². The summed E-state index contributed by atoms with van der Waals surface area (Å²) in [7, 11) is 1.78. The minimum Gasteiger partial charge on any atom is -0.507 e. The van der Waals surface area contributed by atoms with E-state index >= 15 is 0 Å². The number of hydrogen-bond donors (Lipinski definition) is 2. The molecule has 1 aliphatic carbocycles.